The number of fused-ring (bicyclic) bond motifs is 4. The van der Waals surface area contributed by atoms with Crippen molar-refractivity contribution in [1.82, 2.24) is 35.1 Å². The maximum Gasteiger partial charge on any atom is 0.407 e. The van der Waals surface area contributed by atoms with Crippen molar-refractivity contribution in [3.8, 4) is 33.6 Å². The Hall–Kier alpha value is -5.01. The van der Waals surface area contributed by atoms with Gasteiger partial charge in [0.2, 0.25) is 5.91 Å². The normalized spacial score (nSPS) is 23.6. The SMILES string of the molecule is COC(=O)N[C@H]1CCCCOCc2[nH]c(nc2-c2ccc(-c3ccc(-c4cnc([C@@H]5CCCN5C(=O)[C@@H]5CCCO5)[nH]4)cc3)cc2)[C@@H]2CCCN2C1=O. The largest absolute Gasteiger partial charge is 0.453 e. The molecule has 13 nitrogen and oxygen atoms in total. The van der Waals surface area contributed by atoms with E-state index in [1.807, 2.05) is 16.0 Å². The number of aromatic amines is 2. The van der Waals surface area contributed by atoms with Gasteiger partial charge >= 0.3 is 6.09 Å². The van der Waals surface area contributed by atoms with Crippen LogP contribution in [0.25, 0.3) is 33.6 Å². The van der Waals surface area contributed by atoms with Gasteiger partial charge in [-0.2, -0.15) is 0 Å². The van der Waals surface area contributed by atoms with E-state index in [1.165, 1.54) is 7.11 Å². The second-order valence-corrected chi connectivity index (χ2v) is 14.4. The maximum absolute atomic E-state index is 13.7. The Labute approximate surface area is 308 Å². The molecule has 4 aromatic rings. The Morgan fingerprint density at radius 2 is 1.55 bits per heavy atom. The molecule has 0 unspecified atom stereocenters. The van der Waals surface area contributed by atoms with E-state index in [4.69, 9.17) is 24.2 Å². The lowest BCUT2D eigenvalue weighted by Gasteiger charge is -2.28. The first kappa shape index (κ1) is 35.0. The lowest BCUT2D eigenvalue weighted by molar-refractivity contribution is -0.142. The average molecular weight is 722 g/mol. The highest BCUT2D eigenvalue weighted by atomic mass is 16.5. The van der Waals surface area contributed by atoms with E-state index in [2.05, 4.69) is 63.8 Å². The summed E-state index contributed by atoms with van der Waals surface area (Å²) in [5, 5.41) is 2.75. The van der Waals surface area contributed by atoms with Gasteiger partial charge in [-0.25, -0.2) is 14.8 Å². The average Bonchev–Trinajstić information content (AvgIpc) is 4.04. The summed E-state index contributed by atoms with van der Waals surface area (Å²) in [5.74, 6) is 1.54. The van der Waals surface area contributed by atoms with Gasteiger partial charge in [-0.3, -0.25) is 9.59 Å². The number of carbonyl (C=O) groups is 3. The number of alkyl carbamates (subject to hydrolysis) is 1. The first-order valence-corrected chi connectivity index (χ1v) is 19.0. The highest BCUT2D eigenvalue weighted by Crippen LogP contribution is 2.36. The summed E-state index contributed by atoms with van der Waals surface area (Å²) in [7, 11) is 1.31. The van der Waals surface area contributed by atoms with E-state index >= 15 is 0 Å². The number of methoxy groups -OCH3 is 1. The molecule has 278 valence electrons. The molecular weight excluding hydrogens is 674 g/mol. The molecule has 0 aliphatic carbocycles. The number of H-pyrrole nitrogens is 2. The zero-order valence-corrected chi connectivity index (χ0v) is 30.1. The zero-order chi connectivity index (χ0) is 36.3. The molecule has 53 heavy (non-hydrogen) atoms. The number of carbonyl (C=O) groups excluding carboxylic acids is 3. The number of hydrogen-bond donors (Lipinski definition) is 3. The molecular formula is C40H47N7O6. The summed E-state index contributed by atoms with van der Waals surface area (Å²) < 4.78 is 16.6. The predicted octanol–water partition coefficient (Wildman–Crippen LogP) is 6.06. The van der Waals surface area contributed by atoms with Gasteiger partial charge in [0.15, 0.2) is 0 Å². The van der Waals surface area contributed by atoms with Crippen LogP contribution in [0.15, 0.2) is 54.7 Å². The molecule has 3 N–H and O–H groups in total. The highest BCUT2D eigenvalue weighted by molar-refractivity contribution is 5.86. The van der Waals surface area contributed by atoms with Crippen LogP contribution >= 0.6 is 0 Å². The van der Waals surface area contributed by atoms with Crippen LogP contribution in [0.5, 0.6) is 0 Å². The van der Waals surface area contributed by atoms with Crippen LogP contribution in [-0.2, 0) is 30.4 Å². The van der Waals surface area contributed by atoms with Crippen LogP contribution in [0.3, 0.4) is 0 Å². The standard InChI is InChI=1S/C40H47N7O6/c1-51-40(50)44-29-7-2-3-21-52-24-31-35(45-37(43-31)33-9-5-19-46(33)38(29)48)28-17-13-26(14-18-28)25-11-15-27(16-12-25)30-23-41-36(42-30)32-8-4-20-47(32)39(49)34-10-6-22-53-34/h11-18,23,29,32-34H,2-10,19-22,24H2,1H3,(H,41,42)(H,43,45)(H,44,50)/t29-,32-,33-,34-/m0/s1. The van der Waals surface area contributed by atoms with Crippen molar-refractivity contribution in [3.63, 3.8) is 0 Å². The molecule has 4 aliphatic heterocycles. The Balaban J connectivity index is 0.977. The van der Waals surface area contributed by atoms with Crippen molar-refractivity contribution >= 4 is 17.9 Å². The van der Waals surface area contributed by atoms with Crippen LogP contribution in [-0.4, -0.2) is 93.2 Å². The van der Waals surface area contributed by atoms with Gasteiger partial charge in [0, 0.05) is 31.9 Å². The molecule has 3 amide bonds. The maximum atomic E-state index is 13.7. The lowest BCUT2D eigenvalue weighted by atomic mass is 10.0. The van der Waals surface area contributed by atoms with Crippen molar-refractivity contribution in [2.45, 2.75) is 88.6 Å². The third-order valence-electron chi connectivity index (χ3n) is 11.0. The van der Waals surface area contributed by atoms with Crippen molar-refractivity contribution in [2.24, 2.45) is 0 Å². The third kappa shape index (κ3) is 7.32. The first-order valence-electron chi connectivity index (χ1n) is 19.0. The zero-order valence-electron chi connectivity index (χ0n) is 30.1. The lowest BCUT2D eigenvalue weighted by Crippen LogP contribution is -2.48. The van der Waals surface area contributed by atoms with Gasteiger partial charge in [-0.05, 0) is 74.5 Å². The number of likely N-dealkylation sites (tertiary alicyclic amines) is 1. The molecule has 6 heterocycles. The minimum atomic E-state index is -0.659. The minimum absolute atomic E-state index is 0.0518. The number of aromatic nitrogens is 4. The number of nitrogens with one attached hydrogen (secondary N) is 3. The second kappa shape index (κ2) is 15.5. The monoisotopic (exact) mass is 721 g/mol. The molecule has 4 aliphatic rings. The van der Waals surface area contributed by atoms with Gasteiger partial charge in [0.25, 0.3) is 5.91 Å². The number of nitrogens with zero attached hydrogens (tertiary/aromatic N) is 4. The van der Waals surface area contributed by atoms with E-state index in [9.17, 15) is 14.4 Å². The smallest absolute Gasteiger partial charge is 0.407 e. The Morgan fingerprint density at radius 1 is 0.811 bits per heavy atom. The van der Waals surface area contributed by atoms with Crippen molar-refractivity contribution in [2.75, 3.05) is 33.4 Å². The summed E-state index contributed by atoms with van der Waals surface area (Å²) in [5.41, 5.74) is 6.77. The Kier molecular flexibility index (Phi) is 10.3. The molecule has 13 heteroatoms. The fraction of sp³-hybridized carbons (Fsp3) is 0.475. The van der Waals surface area contributed by atoms with Gasteiger partial charge in [-0.1, -0.05) is 48.5 Å². The molecule has 2 aromatic carbocycles. The topological polar surface area (TPSA) is 155 Å². The number of amides is 3. The van der Waals surface area contributed by atoms with E-state index in [1.54, 1.807) is 0 Å². The van der Waals surface area contributed by atoms with Gasteiger partial charge in [0.05, 0.1) is 49.1 Å². The molecule has 3 saturated heterocycles. The van der Waals surface area contributed by atoms with Crippen LogP contribution in [0.1, 0.15) is 87.2 Å². The summed E-state index contributed by atoms with van der Waals surface area (Å²) in [4.78, 5) is 59.5. The molecule has 8 rings (SSSR count). The Bertz CT molecular complexity index is 1920. The van der Waals surface area contributed by atoms with E-state index in [-0.39, 0.29) is 30.0 Å². The second-order valence-electron chi connectivity index (χ2n) is 14.4. The number of imidazole rings is 2. The molecule has 0 spiro atoms. The molecule has 0 radical (unpaired) electrons. The van der Waals surface area contributed by atoms with Crippen LogP contribution < -0.4 is 5.32 Å². The molecule has 0 saturated carbocycles. The Morgan fingerprint density at radius 3 is 2.30 bits per heavy atom. The van der Waals surface area contributed by atoms with Crippen LogP contribution in [0, 0.1) is 0 Å². The number of ether oxygens (including phenoxy) is 3. The molecule has 2 bridgehead atoms. The first-order chi connectivity index (χ1) is 26.0. The third-order valence-corrected chi connectivity index (χ3v) is 11.0. The predicted molar refractivity (Wildman–Crippen MR) is 196 cm³/mol. The minimum Gasteiger partial charge on any atom is -0.453 e. The number of rotatable bonds is 6. The molecule has 4 atom stereocenters. The number of hydrogen-bond acceptors (Lipinski definition) is 8. The fourth-order valence-electron chi connectivity index (χ4n) is 8.22. The summed E-state index contributed by atoms with van der Waals surface area (Å²) in [6, 6.07) is 15.8. The van der Waals surface area contributed by atoms with Gasteiger partial charge < -0.3 is 39.3 Å². The van der Waals surface area contributed by atoms with Crippen molar-refractivity contribution in [1.29, 1.82) is 0 Å². The van der Waals surface area contributed by atoms with Gasteiger partial charge in [0.1, 0.15) is 23.8 Å². The van der Waals surface area contributed by atoms with Crippen molar-refractivity contribution < 1.29 is 28.6 Å². The van der Waals surface area contributed by atoms with Gasteiger partial charge in [-0.15, -0.1) is 0 Å². The molecule has 3 fully saturated rings. The molecule has 2 aromatic heterocycles. The quantitative estimate of drug-likeness (QED) is 0.217. The van der Waals surface area contributed by atoms with E-state index < -0.39 is 12.1 Å². The van der Waals surface area contributed by atoms with E-state index in [0.29, 0.717) is 32.8 Å². The van der Waals surface area contributed by atoms with E-state index in [0.717, 1.165) is 109 Å². The summed E-state index contributed by atoms with van der Waals surface area (Å²) in [6.07, 6.45) is 8.18. The summed E-state index contributed by atoms with van der Waals surface area (Å²) in [6.45, 7) is 2.92. The summed E-state index contributed by atoms with van der Waals surface area (Å²) >= 11 is 0. The van der Waals surface area contributed by atoms with Crippen molar-refractivity contribution in [3.05, 3.63) is 72.1 Å². The highest BCUT2D eigenvalue weighted by Gasteiger charge is 2.38. The van der Waals surface area contributed by atoms with Crippen LogP contribution in [0.4, 0.5) is 4.79 Å². The van der Waals surface area contributed by atoms with Crippen LogP contribution in [0.2, 0.25) is 0 Å². The fourth-order valence-corrected chi connectivity index (χ4v) is 8.22. The number of benzene rings is 2.